The van der Waals surface area contributed by atoms with Crippen molar-refractivity contribution in [3.05, 3.63) is 93.5 Å². The van der Waals surface area contributed by atoms with Crippen LogP contribution in [0.3, 0.4) is 0 Å². The molecule has 3 aromatic rings. The maximum Gasteiger partial charge on any atom is 0.264 e. The van der Waals surface area contributed by atoms with Crippen LogP contribution in [-0.4, -0.2) is 44.3 Å². The molecule has 0 unspecified atom stereocenters. The summed E-state index contributed by atoms with van der Waals surface area (Å²) in [6, 6.07) is 17.3. The van der Waals surface area contributed by atoms with Gasteiger partial charge in [0, 0.05) is 28.7 Å². The van der Waals surface area contributed by atoms with Gasteiger partial charge in [-0.3, -0.25) is 13.9 Å². The van der Waals surface area contributed by atoms with Gasteiger partial charge in [-0.25, -0.2) is 8.42 Å². The molecule has 2 amide bonds. The van der Waals surface area contributed by atoms with Gasteiger partial charge in [-0.05, 0) is 74.2 Å². The molecule has 0 fully saturated rings. The maximum absolute atomic E-state index is 14.1. The lowest BCUT2D eigenvalue weighted by molar-refractivity contribution is -0.140. The van der Waals surface area contributed by atoms with Crippen molar-refractivity contribution >= 4 is 50.7 Å². The Morgan fingerprint density at radius 1 is 0.900 bits per heavy atom. The minimum Gasteiger partial charge on any atom is -0.354 e. The molecule has 0 spiro atoms. The van der Waals surface area contributed by atoms with Crippen molar-refractivity contribution in [3.8, 4) is 0 Å². The third-order valence-corrected chi connectivity index (χ3v) is 9.21. The first-order valence-corrected chi connectivity index (χ1v) is 15.4. The van der Waals surface area contributed by atoms with Gasteiger partial charge >= 0.3 is 0 Å². The summed E-state index contributed by atoms with van der Waals surface area (Å²) in [7, 11) is -4.14. The number of anilines is 1. The molecule has 214 valence electrons. The Balaban J connectivity index is 2.10. The number of halogens is 2. The fourth-order valence-corrected chi connectivity index (χ4v) is 6.21. The van der Waals surface area contributed by atoms with Crippen LogP contribution in [0.25, 0.3) is 0 Å². The van der Waals surface area contributed by atoms with Crippen LogP contribution in [0, 0.1) is 13.8 Å². The molecule has 0 saturated heterocycles. The van der Waals surface area contributed by atoms with Gasteiger partial charge in [0.1, 0.15) is 12.6 Å². The minimum absolute atomic E-state index is 0.0504. The number of aryl methyl sites for hydroxylation is 2. The average Bonchev–Trinajstić information content (AvgIpc) is 2.93. The molecule has 1 N–H and O–H groups in total. The Morgan fingerprint density at radius 2 is 1.55 bits per heavy atom. The van der Waals surface area contributed by atoms with Crippen molar-refractivity contribution in [3.63, 3.8) is 0 Å². The van der Waals surface area contributed by atoms with Gasteiger partial charge in [0.25, 0.3) is 10.0 Å². The second-order valence-electron chi connectivity index (χ2n) is 9.53. The van der Waals surface area contributed by atoms with E-state index in [-0.39, 0.29) is 17.3 Å². The van der Waals surface area contributed by atoms with E-state index in [2.05, 4.69) is 5.32 Å². The van der Waals surface area contributed by atoms with E-state index in [1.165, 1.54) is 17.0 Å². The number of carbonyl (C=O) groups is 2. The lowest BCUT2D eigenvalue weighted by Crippen LogP contribution is -2.52. The molecule has 0 aliphatic heterocycles. The summed E-state index contributed by atoms with van der Waals surface area (Å²) in [5.41, 5.74) is 2.69. The van der Waals surface area contributed by atoms with Crippen LogP contribution >= 0.6 is 23.2 Å². The van der Waals surface area contributed by atoms with E-state index in [1.807, 2.05) is 26.8 Å². The van der Waals surface area contributed by atoms with Gasteiger partial charge in [0.2, 0.25) is 11.8 Å². The summed E-state index contributed by atoms with van der Waals surface area (Å²) in [6.45, 7) is 7.39. The highest BCUT2D eigenvalue weighted by Gasteiger charge is 2.34. The summed E-state index contributed by atoms with van der Waals surface area (Å²) in [4.78, 5) is 28.7. The van der Waals surface area contributed by atoms with E-state index in [0.29, 0.717) is 34.3 Å². The fourth-order valence-electron chi connectivity index (χ4n) is 4.27. The number of benzene rings is 3. The van der Waals surface area contributed by atoms with Crippen LogP contribution in [0.4, 0.5) is 5.69 Å². The lowest BCUT2D eigenvalue weighted by atomic mass is 10.1. The summed E-state index contributed by atoms with van der Waals surface area (Å²) in [5.74, 6) is -0.892. The van der Waals surface area contributed by atoms with Crippen molar-refractivity contribution in [2.75, 3.05) is 17.4 Å². The third kappa shape index (κ3) is 7.36. The quantitative estimate of drug-likeness (QED) is 0.269. The Kier molecular flexibility index (Phi) is 11.0. The molecular weight excluding hydrogens is 569 g/mol. The molecule has 1 atom stereocenters. The number of hydrogen-bond acceptors (Lipinski definition) is 4. The molecule has 3 rings (SSSR count). The van der Waals surface area contributed by atoms with Gasteiger partial charge < -0.3 is 10.2 Å². The van der Waals surface area contributed by atoms with Crippen LogP contribution in [-0.2, 0) is 26.2 Å². The number of nitrogens with zero attached hydrogens (tertiary/aromatic N) is 2. The zero-order valence-corrected chi connectivity index (χ0v) is 25.5. The Morgan fingerprint density at radius 3 is 2.12 bits per heavy atom. The SMILES string of the molecule is CCCNC(=O)[C@H](CC)N(Cc1c(Cl)cccc1Cl)C(=O)CN(c1ccc(C)c(C)c1)S(=O)(=O)c1ccccc1. The van der Waals surface area contributed by atoms with Gasteiger partial charge in [-0.2, -0.15) is 0 Å². The number of rotatable bonds is 12. The zero-order valence-electron chi connectivity index (χ0n) is 23.2. The van der Waals surface area contributed by atoms with Gasteiger partial charge in [-0.1, -0.05) is 67.4 Å². The van der Waals surface area contributed by atoms with Gasteiger partial charge in [-0.15, -0.1) is 0 Å². The van der Waals surface area contributed by atoms with Crippen LogP contribution in [0.15, 0.2) is 71.6 Å². The van der Waals surface area contributed by atoms with Crippen molar-refractivity contribution in [2.45, 2.75) is 58.0 Å². The highest BCUT2D eigenvalue weighted by atomic mass is 35.5. The van der Waals surface area contributed by atoms with E-state index in [1.54, 1.807) is 55.5 Å². The molecule has 0 aliphatic rings. The molecule has 0 aliphatic carbocycles. The topological polar surface area (TPSA) is 86.8 Å². The minimum atomic E-state index is -4.14. The van der Waals surface area contributed by atoms with Crippen LogP contribution < -0.4 is 9.62 Å². The Hall–Kier alpha value is -3.07. The lowest BCUT2D eigenvalue weighted by Gasteiger charge is -2.33. The predicted octanol–water partition coefficient (Wildman–Crippen LogP) is 6.14. The molecular formula is C30H35Cl2N3O4S. The molecule has 0 heterocycles. The van der Waals surface area contributed by atoms with Crippen molar-refractivity contribution in [1.82, 2.24) is 10.2 Å². The first kappa shape index (κ1) is 31.5. The monoisotopic (exact) mass is 603 g/mol. The second-order valence-corrected chi connectivity index (χ2v) is 12.2. The van der Waals surface area contributed by atoms with Crippen molar-refractivity contribution in [1.29, 1.82) is 0 Å². The maximum atomic E-state index is 14.1. The molecule has 0 bridgehead atoms. The molecule has 0 aromatic heterocycles. The average molecular weight is 605 g/mol. The molecule has 40 heavy (non-hydrogen) atoms. The summed E-state index contributed by atoms with van der Waals surface area (Å²) >= 11 is 12.9. The number of carbonyl (C=O) groups excluding carboxylic acids is 2. The van der Waals surface area contributed by atoms with E-state index in [4.69, 9.17) is 23.2 Å². The van der Waals surface area contributed by atoms with Crippen LogP contribution in [0.5, 0.6) is 0 Å². The smallest absolute Gasteiger partial charge is 0.264 e. The van der Waals surface area contributed by atoms with E-state index >= 15 is 0 Å². The number of sulfonamides is 1. The van der Waals surface area contributed by atoms with Crippen LogP contribution in [0.1, 0.15) is 43.4 Å². The third-order valence-electron chi connectivity index (χ3n) is 6.71. The summed E-state index contributed by atoms with van der Waals surface area (Å²) in [6.07, 6.45) is 1.03. The standard InChI is InChI=1S/C30H35Cl2N3O4S/c1-5-17-33-30(37)28(6-2)34(19-25-26(31)13-10-14-27(25)32)29(36)20-35(23-16-15-21(3)22(4)18-23)40(38,39)24-11-8-7-9-12-24/h7-16,18,28H,5-6,17,19-20H2,1-4H3,(H,33,37)/t28-/m0/s1. The summed E-state index contributed by atoms with van der Waals surface area (Å²) in [5, 5.41) is 3.55. The highest BCUT2D eigenvalue weighted by Crippen LogP contribution is 2.29. The Labute approximate surface area is 247 Å². The fraction of sp³-hybridized carbons (Fsp3) is 0.333. The Bertz CT molecular complexity index is 1430. The number of nitrogens with one attached hydrogen (secondary N) is 1. The first-order valence-electron chi connectivity index (χ1n) is 13.2. The van der Waals surface area contributed by atoms with E-state index in [9.17, 15) is 18.0 Å². The summed E-state index contributed by atoms with van der Waals surface area (Å²) < 4.78 is 28.9. The van der Waals surface area contributed by atoms with Gasteiger partial charge in [0.15, 0.2) is 0 Å². The molecule has 7 nitrogen and oxygen atoms in total. The normalized spacial score (nSPS) is 12.1. The first-order chi connectivity index (χ1) is 19.0. The molecule has 0 radical (unpaired) electrons. The predicted molar refractivity (Wildman–Crippen MR) is 161 cm³/mol. The van der Waals surface area contributed by atoms with Gasteiger partial charge in [0.05, 0.1) is 10.6 Å². The zero-order chi connectivity index (χ0) is 29.4. The van der Waals surface area contributed by atoms with E-state index in [0.717, 1.165) is 21.9 Å². The number of hydrogen-bond donors (Lipinski definition) is 1. The largest absolute Gasteiger partial charge is 0.354 e. The molecule has 10 heteroatoms. The van der Waals surface area contributed by atoms with E-state index < -0.39 is 28.5 Å². The highest BCUT2D eigenvalue weighted by molar-refractivity contribution is 7.92. The molecule has 0 saturated carbocycles. The van der Waals surface area contributed by atoms with Crippen LogP contribution in [0.2, 0.25) is 10.0 Å². The second kappa shape index (κ2) is 14.0. The van der Waals surface area contributed by atoms with Crippen molar-refractivity contribution < 1.29 is 18.0 Å². The molecule has 3 aromatic carbocycles. The number of amides is 2. The van der Waals surface area contributed by atoms with Crippen molar-refractivity contribution in [2.24, 2.45) is 0 Å².